The van der Waals surface area contributed by atoms with Gasteiger partial charge < -0.3 is 5.32 Å². The second kappa shape index (κ2) is 4.53. The van der Waals surface area contributed by atoms with E-state index in [9.17, 15) is 4.39 Å². The summed E-state index contributed by atoms with van der Waals surface area (Å²) in [6, 6.07) is 7.11. The molecule has 18 heavy (non-hydrogen) atoms. The van der Waals surface area contributed by atoms with E-state index in [1.54, 1.807) is 6.07 Å². The molecule has 1 unspecified atom stereocenters. The molecular weight excluding hydrogens is 229 g/mol. The summed E-state index contributed by atoms with van der Waals surface area (Å²) in [5, 5.41) is 10.8. The number of hydrogen-bond donors (Lipinski definition) is 2. The molecule has 1 aromatic heterocycles. The Kier molecular flexibility index (Phi) is 2.88. The molecule has 0 spiro atoms. The first kappa shape index (κ1) is 11.4. The van der Waals surface area contributed by atoms with Crippen LogP contribution in [0.5, 0.6) is 0 Å². The van der Waals surface area contributed by atoms with Crippen LogP contribution in [-0.4, -0.2) is 16.7 Å². The summed E-state index contributed by atoms with van der Waals surface area (Å²) in [5.41, 5.74) is 3.40. The number of halogens is 1. The maximum absolute atomic E-state index is 13.9. The van der Waals surface area contributed by atoms with Gasteiger partial charge in [-0.15, -0.1) is 0 Å². The number of nitrogens with one attached hydrogen (secondary N) is 2. The number of nitrogens with zero attached hydrogens (tertiary/aromatic N) is 1. The highest BCUT2D eigenvalue weighted by Gasteiger charge is 2.25. The zero-order chi connectivity index (χ0) is 12.5. The smallest absolute Gasteiger partial charge is 0.131 e. The van der Waals surface area contributed by atoms with Gasteiger partial charge in [0.1, 0.15) is 5.82 Å². The Bertz CT molecular complexity index is 556. The van der Waals surface area contributed by atoms with Gasteiger partial charge in [-0.1, -0.05) is 18.2 Å². The molecule has 1 fully saturated rings. The summed E-state index contributed by atoms with van der Waals surface area (Å²) in [4.78, 5) is 0. The molecule has 2 N–H and O–H groups in total. The van der Waals surface area contributed by atoms with E-state index in [4.69, 9.17) is 0 Å². The minimum Gasteiger partial charge on any atom is -0.309 e. The minimum absolute atomic E-state index is 0.193. The van der Waals surface area contributed by atoms with Gasteiger partial charge >= 0.3 is 0 Å². The maximum Gasteiger partial charge on any atom is 0.131 e. The Morgan fingerprint density at radius 3 is 2.89 bits per heavy atom. The van der Waals surface area contributed by atoms with Crippen molar-refractivity contribution in [3.05, 3.63) is 41.5 Å². The number of aromatic amines is 1. The molecule has 3 rings (SSSR count). The summed E-state index contributed by atoms with van der Waals surface area (Å²) in [6.07, 6.45) is 2.21. The number of rotatable bonds is 2. The lowest BCUT2D eigenvalue weighted by Gasteiger charge is -2.11. The number of hydrogen-bond acceptors (Lipinski definition) is 2. The van der Waals surface area contributed by atoms with Gasteiger partial charge in [0, 0.05) is 16.8 Å². The molecule has 3 nitrogen and oxygen atoms in total. The summed E-state index contributed by atoms with van der Waals surface area (Å²) < 4.78 is 13.9. The summed E-state index contributed by atoms with van der Waals surface area (Å²) in [7, 11) is 0. The Morgan fingerprint density at radius 2 is 2.17 bits per heavy atom. The number of aryl methyl sites for hydroxylation is 1. The Morgan fingerprint density at radius 1 is 1.33 bits per heavy atom. The zero-order valence-corrected chi connectivity index (χ0v) is 10.3. The Hall–Kier alpha value is -1.68. The summed E-state index contributed by atoms with van der Waals surface area (Å²) >= 11 is 0. The largest absolute Gasteiger partial charge is 0.309 e. The van der Waals surface area contributed by atoms with Crippen LogP contribution in [0.4, 0.5) is 4.39 Å². The van der Waals surface area contributed by atoms with E-state index in [0.29, 0.717) is 5.56 Å². The van der Waals surface area contributed by atoms with Crippen molar-refractivity contribution in [1.82, 2.24) is 15.5 Å². The van der Waals surface area contributed by atoms with Crippen molar-refractivity contribution in [2.75, 3.05) is 6.54 Å². The van der Waals surface area contributed by atoms with Gasteiger partial charge in [0.25, 0.3) is 0 Å². The normalized spacial score (nSPS) is 19.3. The van der Waals surface area contributed by atoms with Crippen LogP contribution >= 0.6 is 0 Å². The van der Waals surface area contributed by atoms with E-state index in [2.05, 4.69) is 15.5 Å². The predicted molar refractivity (Wildman–Crippen MR) is 68.7 cm³/mol. The van der Waals surface area contributed by atoms with E-state index in [1.807, 2.05) is 19.1 Å². The van der Waals surface area contributed by atoms with Crippen LogP contribution in [0.1, 0.15) is 30.3 Å². The van der Waals surface area contributed by atoms with Crippen molar-refractivity contribution in [3.63, 3.8) is 0 Å². The molecule has 1 aromatic carbocycles. The lowest BCUT2D eigenvalue weighted by molar-refractivity contribution is 0.620. The lowest BCUT2D eigenvalue weighted by atomic mass is 9.98. The second-order valence-electron chi connectivity index (χ2n) is 4.74. The van der Waals surface area contributed by atoms with Crippen LogP contribution in [0, 0.1) is 12.7 Å². The topological polar surface area (TPSA) is 40.7 Å². The van der Waals surface area contributed by atoms with E-state index in [1.165, 1.54) is 6.07 Å². The lowest BCUT2D eigenvalue weighted by Crippen LogP contribution is -2.14. The zero-order valence-electron chi connectivity index (χ0n) is 10.3. The average Bonchev–Trinajstić information content (AvgIpc) is 2.99. The van der Waals surface area contributed by atoms with Crippen LogP contribution < -0.4 is 5.32 Å². The SMILES string of the molecule is Cc1[nH]nc(C2CCCN2)c1-c1ccccc1F. The van der Waals surface area contributed by atoms with Crippen LogP contribution in [-0.2, 0) is 0 Å². The molecule has 1 aliphatic heterocycles. The molecule has 1 atom stereocenters. The Labute approximate surface area is 105 Å². The third-order valence-electron chi connectivity index (χ3n) is 3.51. The highest BCUT2D eigenvalue weighted by atomic mass is 19.1. The molecule has 1 aliphatic rings. The molecule has 1 saturated heterocycles. The minimum atomic E-state index is -0.193. The fourth-order valence-electron chi connectivity index (χ4n) is 2.62. The monoisotopic (exact) mass is 245 g/mol. The molecule has 2 heterocycles. The van der Waals surface area contributed by atoms with Crippen LogP contribution in [0.25, 0.3) is 11.1 Å². The molecular formula is C14H16FN3. The Balaban J connectivity index is 2.11. The van der Waals surface area contributed by atoms with Gasteiger partial charge in [-0.05, 0) is 32.4 Å². The summed E-state index contributed by atoms with van der Waals surface area (Å²) in [5.74, 6) is -0.193. The standard InChI is InChI=1S/C14H16FN3/c1-9-13(10-5-2-3-6-11(10)15)14(18-17-9)12-7-4-8-16-12/h2-3,5-6,12,16H,4,7-8H2,1H3,(H,17,18). The average molecular weight is 245 g/mol. The highest BCUT2D eigenvalue weighted by Crippen LogP contribution is 2.34. The first-order chi connectivity index (χ1) is 8.77. The van der Waals surface area contributed by atoms with Gasteiger partial charge in [-0.25, -0.2) is 4.39 Å². The van der Waals surface area contributed by atoms with Crippen molar-refractivity contribution >= 4 is 0 Å². The number of benzene rings is 1. The third kappa shape index (κ3) is 1.82. The first-order valence-corrected chi connectivity index (χ1v) is 6.30. The van der Waals surface area contributed by atoms with Crippen LogP contribution in [0.15, 0.2) is 24.3 Å². The predicted octanol–water partition coefficient (Wildman–Crippen LogP) is 2.95. The van der Waals surface area contributed by atoms with Crippen molar-refractivity contribution in [3.8, 4) is 11.1 Å². The van der Waals surface area contributed by atoms with Crippen molar-refractivity contribution in [2.24, 2.45) is 0 Å². The van der Waals surface area contributed by atoms with Crippen LogP contribution in [0.3, 0.4) is 0 Å². The van der Waals surface area contributed by atoms with Gasteiger partial charge in [0.15, 0.2) is 0 Å². The molecule has 94 valence electrons. The van der Waals surface area contributed by atoms with E-state index in [0.717, 1.165) is 36.3 Å². The number of H-pyrrole nitrogens is 1. The molecule has 0 bridgehead atoms. The van der Waals surface area contributed by atoms with Gasteiger partial charge in [0.2, 0.25) is 0 Å². The fourth-order valence-corrected chi connectivity index (χ4v) is 2.62. The van der Waals surface area contributed by atoms with Gasteiger partial charge in [-0.3, -0.25) is 5.10 Å². The van der Waals surface area contributed by atoms with Gasteiger partial charge in [0.05, 0.1) is 11.7 Å². The molecule has 0 radical (unpaired) electrons. The van der Waals surface area contributed by atoms with E-state index in [-0.39, 0.29) is 11.9 Å². The number of aromatic nitrogens is 2. The molecule has 0 amide bonds. The second-order valence-corrected chi connectivity index (χ2v) is 4.74. The first-order valence-electron chi connectivity index (χ1n) is 6.30. The molecule has 0 aliphatic carbocycles. The summed E-state index contributed by atoms with van der Waals surface area (Å²) in [6.45, 7) is 2.94. The fraction of sp³-hybridized carbons (Fsp3) is 0.357. The third-order valence-corrected chi connectivity index (χ3v) is 3.51. The van der Waals surface area contributed by atoms with Gasteiger partial charge in [-0.2, -0.15) is 5.10 Å². The van der Waals surface area contributed by atoms with Crippen molar-refractivity contribution in [2.45, 2.75) is 25.8 Å². The van der Waals surface area contributed by atoms with Crippen molar-refractivity contribution in [1.29, 1.82) is 0 Å². The molecule has 2 aromatic rings. The highest BCUT2D eigenvalue weighted by molar-refractivity contribution is 5.69. The van der Waals surface area contributed by atoms with Crippen LogP contribution in [0.2, 0.25) is 0 Å². The van der Waals surface area contributed by atoms with Crippen molar-refractivity contribution < 1.29 is 4.39 Å². The van der Waals surface area contributed by atoms with E-state index >= 15 is 0 Å². The molecule has 4 heteroatoms. The quantitative estimate of drug-likeness (QED) is 0.854. The maximum atomic E-state index is 13.9. The van der Waals surface area contributed by atoms with E-state index < -0.39 is 0 Å². The molecule has 0 saturated carbocycles.